The molecule has 1 aliphatic rings. The van der Waals surface area contributed by atoms with Crippen LogP contribution in [0.4, 0.5) is 0 Å². The molecule has 112 valence electrons. The molecule has 1 N–H and O–H groups in total. The topological polar surface area (TPSA) is 53.0 Å². The number of carbonyl (C=O) groups excluding carboxylic acids is 1. The van der Waals surface area contributed by atoms with Crippen molar-refractivity contribution in [3.8, 4) is 0 Å². The number of aliphatic hydroxyl groups excluding tert-OH is 1. The Kier molecular flexibility index (Phi) is 7.34. The molecule has 0 bridgehead atoms. The van der Waals surface area contributed by atoms with E-state index in [1.807, 2.05) is 13.8 Å². The standard InChI is InChI=1S/C14H28N2O3/c1-4-13(11-17)16-9-7-15(8-10-16)6-5-14(18)19-12(2)3/h12-13,17H,4-11H2,1-3H3. The van der Waals surface area contributed by atoms with Crippen LogP contribution in [0.25, 0.3) is 0 Å². The monoisotopic (exact) mass is 272 g/mol. The summed E-state index contributed by atoms with van der Waals surface area (Å²) in [5, 5.41) is 9.29. The molecule has 0 amide bonds. The Morgan fingerprint density at radius 2 is 1.89 bits per heavy atom. The van der Waals surface area contributed by atoms with Crippen molar-refractivity contribution in [2.75, 3.05) is 39.3 Å². The van der Waals surface area contributed by atoms with E-state index in [-0.39, 0.29) is 24.7 Å². The van der Waals surface area contributed by atoms with Crippen LogP contribution in [0.5, 0.6) is 0 Å². The van der Waals surface area contributed by atoms with Crippen molar-refractivity contribution >= 4 is 5.97 Å². The van der Waals surface area contributed by atoms with Crippen molar-refractivity contribution in [2.45, 2.75) is 45.8 Å². The van der Waals surface area contributed by atoms with Crippen LogP contribution in [-0.2, 0) is 9.53 Å². The largest absolute Gasteiger partial charge is 0.463 e. The maximum Gasteiger partial charge on any atom is 0.307 e. The van der Waals surface area contributed by atoms with Gasteiger partial charge in [0.05, 0.1) is 19.1 Å². The number of esters is 1. The second kappa shape index (κ2) is 8.51. The van der Waals surface area contributed by atoms with Crippen molar-refractivity contribution in [1.82, 2.24) is 9.80 Å². The van der Waals surface area contributed by atoms with Gasteiger partial charge >= 0.3 is 5.97 Å². The van der Waals surface area contributed by atoms with Crippen molar-refractivity contribution in [1.29, 1.82) is 0 Å². The summed E-state index contributed by atoms with van der Waals surface area (Å²) in [6.45, 7) is 10.7. The number of nitrogens with zero attached hydrogens (tertiary/aromatic N) is 2. The zero-order chi connectivity index (χ0) is 14.3. The third-order valence-electron chi connectivity index (χ3n) is 3.60. The highest BCUT2D eigenvalue weighted by molar-refractivity contribution is 5.69. The molecule has 0 aliphatic carbocycles. The van der Waals surface area contributed by atoms with Gasteiger partial charge in [-0.25, -0.2) is 0 Å². The minimum Gasteiger partial charge on any atom is -0.463 e. The lowest BCUT2D eigenvalue weighted by molar-refractivity contribution is -0.147. The summed E-state index contributed by atoms with van der Waals surface area (Å²) in [6.07, 6.45) is 1.42. The predicted molar refractivity (Wildman–Crippen MR) is 75.0 cm³/mol. The van der Waals surface area contributed by atoms with E-state index in [4.69, 9.17) is 4.74 Å². The summed E-state index contributed by atoms with van der Waals surface area (Å²) in [5.41, 5.74) is 0. The van der Waals surface area contributed by atoms with Crippen LogP contribution in [0, 0.1) is 0 Å². The van der Waals surface area contributed by atoms with Crippen LogP contribution < -0.4 is 0 Å². The molecule has 1 unspecified atom stereocenters. The number of hydrogen-bond donors (Lipinski definition) is 1. The minimum absolute atomic E-state index is 0.0285. The second-order valence-electron chi connectivity index (χ2n) is 5.41. The molecule has 0 aromatic heterocycles. The summed E-state index contributed by atoms with van der Waals surface area (Å²) in [7, 11) is 0. The highest BCUT2D eigenvalue weighted by atomic mass is 16.5. The first kappa shape index (κ1) is 16.4. The van der Waals surface area contributed by atoms with E-state index < -0.39 is 0 Å². The maximum absolute atomic E-state index is 11.5. The van der Waals surface area contributed by atoms with Crippen molar-refractivity contribution < 1.29 is 14.6 Å². The van der Waals surface area contributed by atoms with Gasteiger partial charge in [-0.15, -0.1) is 0 Å². The molecule has 0 aromatic carbocycles. The predicted octanol–water partition coefficient (Wildman–Crippen LogP) is 0.717. The van der Waals surface area contributed by atoms with Gasteiger partial charge in [0.2, 0.25) is 0 Å². The molecule has 0 radical (unpaired) electrons. The highest BCUT2D eigenvalue weighted by Gasteiger charge is 2.22. The van der Waals surface area contributed by atoms with Crippen LogP contribution in [0.3, 0.4) is 0 Å². The Labute approximate surface area is 116 Å². The molecule has 19 heavy (non-hydrogen) atoms. The highest BCUT2D eigenvalue weighted by Crippen LogP contribution is 2.09. The fraction of sp³-hybridized carbons (Fsp3) is 0.929. The van der Waals surface area contributed by atoms with E-state index in [1.165, 1.54) is 0 Å². The first-order valence-electron chi connectivity index (χ1n) is 7.33. The van der Waals surface area contributed by atoms with Gasteiger partial charge < -0.3 is 14.7 Å². The molecule has 0 saturated carbocycles. The van der Waals surface area contributed by atoms with Gasteiger partial charge in [-0.1, -0.05) is 6.92 Å². The molecule has 1 rings (SSSR count). The number of carbonyl (C=O) groups is 1. The molecular formula is C14H28N2O3. The molecule has 1 saturated heterocycles. The number of hydrogen-bond acceptors (Lipinski definition) is 5. The fourth-order valence-electron chi connectivity index (χ4n) is 2.43. The van der Waals surface area contributed by atoms with E-state index in [1.54, 1.807) is 0 Å². The molecule has 1 atom stereocenters. The average molecular weight is 272 g/mol. The van der Waals surface area contributed by atoms with Gasteiger partial charge in [-0.2, -0.15) is 0 Å². The Hall–Kier alpha value is -0.650. The lowest BCUT2D eigenvalue weighted by Gasteiger charge is -2.38. The van der Waals surface area contributed by atoms with Gasteiger partial charge in [0.1, 0.15) is 0 Å². The van der Waals surface area contributed by atoms with E-state index in [9.17, 15) is 9.90 Å². The molecule has 1 fully saturated rings. The SMILES string of the molecule is CCC(CO)N1CCN(CCC(=O)OC(C)C)CC1. The Balaban J connectivity index is 2.21. The minimum atomic E-state index is -0.112. The summed E-state index contributed by atoms with van der Waals surface area (Å²) in [6, 6.07) is 0.285. The smallest absolute Gasteiger partial charge is 0.307 e. The van der Waals surface area contributed by atoms with Crippen molar-refractivity contribution in [3.05, 3.63) is 0 Å². The maximum atomic E-state index is 11.5. The summed E-state index contributed by atoms with van der Waals surface area (Å²) in [4.78, 5) is 16.1. The van der Waals surface area contributed by atoms with Crippen molar-refractivity contribution in [2.24, 2.45) is 0 Å². The zero-order valence-corrected chi connectivity index (χ0v) is 12.5. The average Bonchev–Trinajstić information content (AvgIpc) is 2.38. The number of aliphatic hydroxyl groups is 1. The van der Waals surface area contributed by atoms with Gasteiger partial charge in [-0.3, -0.25) is 9.69 Å². The van der Waals surface area contributed by atoms with Gasteiger partial charge in [0.25, 0.3) is 0 Å². The molecule has 1 aliphatic heterocycles. The molecule has 0 spiro atoms. The van der Waals surface area contributed by atoms with E-state index in [2.05, 4.69) is 16.7 Å². The number of ether oxygens (including phenoxy) is 1. The zero-order valence-electron chi connectivity index (χ0n) is 12.5. The fourth-order valence-corrected chi connectivity index (χ4v) is 2.43. The molecule has 0 aromatic rings. The Morgan fingerprint density at radius 1 is 1.26 bits per heavy atom. The van der Waals surface area contributed by atoms with Gasteiger partial charge in [0, 0.05) is 38.8 Å². The van der Waals surface area contributed by atoms with Crippen LogP contribution >= 0.6 is 0 Å². The third-order valence-corrected chi connectivity index (χ3v) is 3.60. The molecular weight excluding hydrogens is 244 g/mol. The number of rotatable bonds is 7. The van der Waals surface area contributed by atoms with Crippen molar-refractivity contribution in [3.63, 3.8) is 0 Å². The van der Waals surface area contributed by atoms with E-state index in [0.717, 1.165) is 39.1 Å². The van der Waals surface area contributed by atoms with Crippen LogP contribution in [-0.4, -0.2) is 72.4 Å². The third kappa shape index (κ3) is 5.89. The molecule has 5 heteroatoms. The Bertz CT molecular complexity index is 259. The van der Waals surface area contributed by atoms with E-state index >= 15 is 0 Å². The van der Waals surface area contributed by atoms with E-state index in [0.29, 0.717) is 6.42 Å². The summed E-state index contributed by atoms with van der Waals surface area (Å²) in [5.74, 6) is -0.112. The summed E-state index contributed by atoms with van der Waals surface area (Å²) < 4.78 is 5.13. The Morgan fingerprint density at radius 3 is 2.37 bits per heavy atom. The first-order valence-corrected chi connectivity index (χ1v) is 7.33. The van der Waals surface area contributed by atoms with Gasteiger partial charge in [-0.05, 0) is 20.3 Å². The lowest BCUT2D eigenvalue weighted by atomic mass is 10.1. The van der Waals surface area contributed by atoms with Crippen LogP contribution in [0.15, 0.2) is 0 Å². The number of piperazine rings is 1. The quantitative estimate of drug-likeness (QED) is 0.692. The normalized spacial score (nSPS) is 19.6. The molecule has 1 heterocycles. The van der Waals surface area contributed by atoms with Crippen LogP contribution in [0.2, 0.25) is 0 Å². The first-order chi connectivity index (χ1) is 9.06. The van der Waals surface area contributed by atoms with Crippen LogP contribution in [0.1, 0.15) is 33.6 Å². The second-order valence-corrected chi connectivity index (χ2v) is 5.41. The summed E-state index contributed by atoms with van der Waals surface area (Å²) >= 11 is 0. The lowest BCUT2D eigenvalue weighted by Crippen LogP contribution is -2.51. The molecule has 5 nitrogen and oxygen atoms in total. The van der Waals surface area contributed by atoms with Gasteiger partial charge in [0.15, 0.2) is 0 Å².